The highest BCUT2D eigenvalue weighted by Gasteiger charge is 2.00. The van der Waals surface area contributed by atoms with Crippen LogP contribution in [-0.4, -0.2) is 18.3 Å². The molecule has 0 aliphatic heterocycles. The summed E-state index contributed by atoms with van der Waals surface area (Å²) in [5.41, 5.74) is 5.85. The van der Waals surface area contributed by atoms with Gasteiger partial charge in [0.15, 0.2) is 0 Å². The molecule has 3 rings (SSSR count). The number of hydrogen-bond acceptors (Lipinski definition) is 4. The van der Waals surface area contributed by atoms with Crippen LogP contribution in [0, 0.1) is 0 Å². The fraction of sp³-hybridized carbons (Fsp3) is 0.0588. The first-order valence-corrected chi connectivity index (χ1v) is 6.64. The molecular weight excluding hydrogens is 262 g/mol. The quantitative estimate of drug-likeness (QED) is 0.584. The number of hydrazone groups is 1. The molecule has 0 saturated carbocycles. The number of nitrogens with one attached hydrogen (secondary N) is 1. The predicted molar refractivity (Wildman–Crippen MR) is 86.0 cm³/mol. The van der Waals surface area contributed by atoms with Crippen LogP contribution in [-0.2, 0) is 0 Å². The molecule has 0 unspecified atom stereocenters. The lowest BCUT2D eigenvalue weighted by molar-refractivity contribution is 0.414. The van der Waals surface area contributed by atoms with Gasteiger partial charge in [0, 0.05) is 17.1 Å². The first kappa shape index (κ1) is 13.1. The first-order valence-electron chi connectivity index (χ1n) is 6.64. The summed E-state index contributed by atoms with van der Waals surface area (Å²) in [6, 6.07) is 17.6. The minimum atomic E-state index is 0.794. The van der Waals surface area contributed by atoms with Crippen molar-refractivity contribution in [3.63, 3.8) is 0 Å². The fourth-order valence-corrected chi connectivity index (χ4v) is 2.15. The molecule has 0 saturated heterocycles. The molecule has 4 heteroatoms. The van der Waals surface area contributed by atoms with Crippen LogP contribution in [0.3, 0.4) is 0 Å². The number of nitrogens with zero attached hydrogens (tertiary/aromatic N) is 2. The van der Waals surface area contributed by atoms with Gasteiger partial charge in [-0.25, -0.2) is 0 Å². The van der Waals surface area contributed by atoms with Crippen molar-refractivity contribution in [2.24, 2.45) is 5.10 Å². The van der Waals surface area contributed by atoms with E-state index < -0.39 is 0 Å². The minimum absolute atomic E-state index is 0.794. The normalized spacial score (nSPS) is 10.9. The number of hydrogen-bond donors (Lipinski definition) is 1. The molecule has 3 aromatic rings. The van der Waals surface area contributed by atoms with E-state index in [1.807, 2.05) is 54.6 Å². The monoisotopic (exact) mass is 277 g/mol. The SMILES string of the molecule is COc1ccccc1/C=N/Nc1cccc2ncccc12. The largest absolute Gasteiger partial charge is 0.496 e. The summed E-state index contributed by atoms with van der Waals surface area (Å²) in [5.74, 6) is 0.794. The third-order valence-corrected chi connectivity index (χ3v) is 3.17. The topological polar surface area (TPSA) is 46.5 Å². The average Bonchev–Trinajstić information content (AvgIpc) is 2.55. The summed E-state index contributed by atoms with van der Waals surface area (Å²) in [7, 11) is 1.65. The highest BCUT2D eigenvalue weighted by Crippen LogP contribution is 2.21. The van der Waals surface area contributed by atoms with E-state index in [4.69, 9.17) is 4.74 Å². The first-order chi connectivity index (χ1) is 10.4. The third kappa shape index (κ3) is 2.84. The maximum Gasteiger partial charge on any atom is 0.127 e. The number of ether oxygens (including phenoxy) is 1. The molecule has 0 bridgehead atoms. The van der Waals surface area contributed by atoms with Gasteiger partial charge in [0.05, 0.1) is 24.5 Å². The molecule has 0 fully saturated rings. The molecule has 0 atom stereocenters. The van der Waals surface area contributed by atoms with Crippen molar-refractivity contribution in [1.82, 2.24) is 4.98 Å². The number of fused-ring (bicyclic) bond motifs is 1. The molecule has 0 spiro atoms. The zero-order valence-electron chi connectivity index (χ0n) is 11.7. The van der Waals surface area contributed by atoms with E-state index in [1.54, 1.807) is 19.5 Å². The Hall–Kier alpha value is -2.88. The molecule has 0 aliphatic rings. The summed E-state index contributed by atoms with van der Waals surface area (Å²) < 4.78 is 5.29. The highest BCUT2D eigenvalue weighted by molar-refractivity contribution is 5.92. The van der Waals surface area contributed by atoms with E-state index >= 15 is 0 Å². The number of para-hydroxylation sites is 1. The van der Waals surface area contributed by atoms with Gasteiger partial charge in [-0.05, 0) is 36.4 Å². The van der Waals surface area contributed by atoms with Crippen molar-refractivity contribution >= 4 is 22.8 Å². The third-order valence-electron chi connectivity index (χ3n) is 3.17. The molecular formula is C17H15N3O. The lowest BCUT2D eigenvalue weighted by atomic mass is 10.2. The summed E-state index contributed by atoms with van der Waals surface area (Å²) in [4.78, 5) is 4.32. The number of pyridine rings is 1. The standard InChI is InChI=1S/C17H15N3O/c1-21-17-10-3-2-6-13(17)12-19-20-16-9-4-8-15-14(16)7-5-11-18-15/h2-12,20H,1H3/b19-12+. The van der Waals surface area contributed by atoms with Gasteiger partial charge in [0.2, 0.25) is 0 Å². The Kier molecular flexibility index (Phi) is 3.78. The van der Waals surface area contributed by atoms with Crippen LogP contribution >= 0.6 is 0 Å². The molecule has 0 amide bonds. The van der Waals surface area contributed by atoms with Gasteiger partial charge in [-0.1, -0.05) is 18.2 Å². The Bertz CT molecular complexity index is 778. The highest BCUT2D eigenvalue weighted by atomic mass is 16.5. The molecule has 0 aliphatic carbocycles. The Morgan fingerprint density at radius 1 is 1.05 bits per heavy atom. The summed E-state index contributed by atoms with van der Waals surface area (Å²) >= 11 is 0. The van der Waals surface area contributed by atoms with Crippen LogP contribution in [0.2, 0.25) is 0 Å². The maximum absolute atomic E-state index is 5.29. The molecule has 21 heavy (non-hydrogen) atoms. The molecule has 2 aromatic carbocycles. The number of aromatic nitrogens is 1. The van der Waals surface area contributed by atoms with E-state index in [2.05, 4.69) is 15.5 Å². The van der Waals surface area contributed by atoms with Gasteiger partial charge in [-0.2, -0.15) is 5.10 Å². The zero-order chi connectivity index (χ0) is 14.5. The molecule has 1 N–H and O–H groups in total. The van der Waals surface area contributed by atoms with Gasteiger partial charge >= 0.3 is 0 Å². The van der Waals surface area contributed by atoms with E-state index in [9.17, 15) is 0 Å². The van der Waals surface area contributed by atoms with Gasteiger partial charge in [-0.15, -0.1) is 0 Å². The molecule has 4 nitrogen and oxygen atoms in total. The van der Waals surface area contributed by atoms with E-state index in [0.29, 0.717) is 0 Å². The van der Waals surface area contributed by atoms with Crippen LogP contribution in [0.25, 0.3) is 10.9 Å². The van der Waals surface area contributed by atoms with Gasteiger partial charge in [0.25, 0.3) is 0 Å². The zero-order valence-corrected chi connectivity index (χ0v) is 11.7. The fourth-order valence-electron chi connectivity index (χ4n) is 2.15. The van der Waals surface area contributed by atoms with Crippen molar-refractivity contribution < 1.29 is 4.74 Å². The van der Waals surface area contributed by atoms with Crippen LogP contribution in [0.15, 0.2) is 65.9 Å². The van der Waals surface area contributed by atoms with Crippen LogP contribution < -0.4 is 10.2 Å². The van der Waals surface area contributed by atoms with Crippen molar-refractivity contribution in [1.29, 1.82) is 0 Å². The number of rotatable bonds is 4. The Labute approximate surface area is 123 Å². The van der Waals surface area contributed by atoms with Crippen molar-refractivity contribution in [2.45, 2.75) is 0 Å². The van der Waals surface area contributed by atoms with E-state index in [1.165, 1.54) is 0 Å². The van der Waals surface area contributed by atoms with Crippen molar-refractivity contribution in [3.8, 4) is 5.75 Å². The summed E-state index contributed by atoms with van der Waals surface area (Å²) in [5, 5.41) is 5.33. The Balaban J connectivity index is 1.85. The lowest BCUT2D eigenvalue weighted by Crippen LogP contribution is -1.94. The van der Waals surface area contributed by atoms with Gasteiger partial charge in [0.1, 0.15) is 5.75 Å². The predicted octanol–water partition coefficient (Wildman–Crippen LogP) is 3.69. The van der Waals surface area contributed by atoms with Crippen LogP contribution in [0.4, 0.5) is 5.69 Å². The molecule has 104 valence electrons. The number of anilines is 1. The summed E-state index contributed by atoms with van der Waals surface area (Å²) in [6.45, 7) is 0. The second kappa shape index (κ2) is 6.05. The second-order valence-corrected chi connectivity index (χ2v) is 4.49. The molecule has 1 heterocycles. The average molecular weight is 277 g/mol. The molecule has 0 radical (unpaired) electrons. The van der Waals surface area contributed by atoms with Gasteiger partial charge in [-0.3, -0.25) is 10.4 Å². The van der Waals surface area contributed by atoms with E-state index in [0.717, 1.165) is 27.9 Å². The minimum Gasteiger partial charge on any atom is -0.496 e. The summed E-state index contributed by atoms with van der Waals surface area (Å²) in [6.07, 6.45) is 3.53. The lowest BCUT2D eigenvalue weighted by Gasteiger charge is -2.05. The second-order valence-electron chi connectivity index (χ2n) is 4.49. The Morgan fingerprint density at radius 3 is 2.86 bits per heavy atom. The van der Waals surface area contributed by atoms with Crippen molar-refractivity contribution in [2.75, 3.05) is 12.5 Å². The smallest absolute Gasteiger partial charge is 0.127 e. The maximum atomic E-state index is 5.29. The molecule has 1 aromatic heterocycles. The number of benzene rings is 2. The Morgan fingerprint density at radius 2 is 1.95 bits per heavy atom. The van der Waals surface area contributed by atoms with Gasteiger partial charge < -0.3 is 4.74 Å². The van der Waals surface area contributed by atoms with E-state index in [-0.39, 0.29) is 0 Å². The number of methoxy groups -OCH3 is 1. The van der Waals surface area contributed by atoms with Crippen LogP contribution in [0.1, 0.15) is 5.56 Å². The van der Waals surface area contributed by atoms with Crippen molar-refractivity contribution in [3.05, 3.63) is 66.4 Å². The van der Waals surface area contributed by atoms with Crippen LogP contribution in [0.5, 0.6) is 5.75 Å².